The number of halogens is 3. The smallest absolute Gasteiger partial charge is 0.273 e. The van der Waals surface area contributed by atoms with Crippen LogP contribution < -0.4 is 10.2 Å². The van der Waals surface area contributed by atoms with Gasteiger partial charge in [0.2, 0.25) is 0 Å². The lowest BCUT2D eigenvalue weighted by molar-refractivity contribution is -0.137. The van der Waals surface area contributed by atoms with Gasteiger partial charge in [-0.25, -0.2) is 9.69 Å². The van der Waals surface area contributed by atoms with Crippen molar-refractivity contribution in [3.63, 3.8) is 0 Å². The Morgan fingerprint density at radius 1 is 0.833 bits per heavy atom. The van der Waals surface area contributed by atoms with Crippen LogP contribution in [0, 0.1) is 17.8 Å². The van der Waals surface area contributed by atoms with Gasteiger partial charge in [-0.2, -0.15) is 13.2 Å². The van der Waals surface area contributed by atoms with E-state index in [1.165, 1.54) is 62.3 Å². The third kappa shape index (κ3) is 3.83. The van der Waals surface area contributed by atoms with Crippen LogP contribution in [-0.2, 0) is 21.2 Å². The highest BCUT2D eigenvalue weighted by atomic mass is 19.4. The van der Waals surface area contributed by atoms with Gasteiger partial charge in [-0.3, -0.25) is 14.9 Å². The molecule has 4 bridgehead atoms. The Labute approximate surface area is 206 Å². The molecule has 0 aromatic heterocycles. The molecule has 5 aliphatic rings. The molecule has 1 saturated heterocycles. The Morgan fingerprint density at radius 2 is 1.39 bits per heavy atom. The van der Waals surface area contributed by atoms with Crippen LogP contribution in [0.1, 0.15) is 55.2 Å². The summed E-state index contributed by atoms with van der Waals surface area (Å²) in [6.45, 7) is 0. The number of urea groups is 1. The number of alkyl halides is 3. The number of rotatable bonds is 3. The number of barbiturate groups is 1. The molecular weight excluding hydrogens is 469 g/mol. The minimum absolute atomic E-state index is 0.172. The van der Waals surface area contributed by atoms with Gasteiger partial charge in [0.15, 0.2) is 0 Å². The Kier molecular flexibility index (Phi) is 5.14. The van der Waals surface area contributed by atoms with Crippen LogP contribution in [0.25, 0.3) is 6.08 Å². The molecule has 4 saturated carbocycles. The van der Waals surface area contributed by atoms with Crippen molar-refractivity contribution in [1.29, 1.82) is 0 Å². The summed E-state index contributed by atoms with van der Waals surface area (Å²) in [6, 6.07) is 10.8. The zero-order valence-corrected chi connectivity index (χ0v) is 19.5. The minimum atomic E-state index is -4.49. The summed E-state index contributed by atoms with van der Waals surface area (Å²) in [5.41, 5.74) is 0.849. The van der Waals surface area contributed by atoms with Gasteiger partial charge in [-0.15, -0.1) is 0 Å². The van der Waals surface area contributed by atoms with Crippen molar-refractivity contribution < 1.29 is 27.6 Å². The molecule has 186 valence electrons. The molecule has 0 radical (unpaired) electrons. The molecule has 1 N–H and O–H groups in total. The molecule has 1 heterocycles. The van der Waals surface area contributed by atoms with Gasteiger partial charge in [0.25, 0.3) is 11.8 Å². The molecular formula is C28H25F3N2O3. The van der Waals surface area contributed by atoms with Crippen molar-refractivity contribution in [2.24, 2.45) is 17.8 Å². The molecule has 5 nitrogen and oxygen atoms in total. The number of amides is 4. The fourth-order valence-corrected chi connectivity index (χ4v) is 7.26. The summed E-state index contributed by atoms with van der Waals surface area (Å²) < 4.78 is 38.5. The van der Waals surface area contributed by atoms with E-state index in [9.17, 15) is 27.6 Å². The highest BCUT2D eigenvalue weighted by Gasteiger charge is 2.51. The quantitative estimate of drug-likeness (QED) is 0.431. The first kappa shape index (κ1) is 23.0. The van der Waals surface area contributed by atoms with Gasteiger partial charge in [0, 0.05) is 0 Å². The molecule has 8 heteroatoms. The third-order valence-corrected chi connectivity index (χ3v) is 8.43. The maximum absolute atomic E-state index is 13.2. The maximum Gasteiger partial charge on any atom is 0.416 e. The average Bonchev–Trinajstić information content (AvgIpc) is 2.81. The van der Waals surface area contributed by atoms with Crippen molar-refractivity contribution in [1.82, 2.24) is 5.32 Å². The molecule has 2 aromatic carbocycles. The van der Waals surface area contributed by atoms with E-state index in [1.807, 2.05) is 12.1 Å². The van der Waals surface area contributed by atoms with E-state index in [-0.39, 0.29) is 16.6 Å². The van der Waals surface area contributed by atoms with Crippen LogP contribution in [0.2, 0.25) is 0 Å². The molecule has 5 fully saturated rings. The molecule has 2 aromatic rings. The number of benzene rings is 2. The Balaban J connectivity index is 1.26. The van der Waals surface area contributed by atoms with Gasteiger partial charge in [-0.1, -0.05) is 24.3 Å². The Bertz CT molecular complexity index is 1240. The summed E-state index contributed by atoms with van der Waals surface area (Å²) in [4.78, 5) is 39.1. The van der Waals surface area contributed by atoms with Crippen LogP contribution in [0.3, 0.4) is 0 Å². The van der Waals surface area contributed by atoms with E-state index in [4.69, 9.17) is 0 Å². The standard InChI is InChI=1S/C28H25F3N2O3/c29-28(30,31)21-3-1-16(2-4-21)12-23-24(34)32-26(36)33(25(23)35)22-7-5-20(6-8-22)27-13-17-9-18(14-27)11-19(10-17)15-27/h1-8,12,17-19H,9-11,13-15H2,(H,32,34,36)/b23-12+. The van der Waals surface area contributed by atoms with Crippen molar-refractivity contribution in [3.8, 4) is 0 Å². The van der Waals surface area contributed by atoms with E-state index < -0.39 is 29.6 Å². The highest BCUT2D eigenvalue weighted by molar-refractivity contribution is 6.39. The lowest BCUT2D eigenvalue weighted by Gasteiger charge is -2.57. The minimum Gasteiger partial charge on any atom is -0.273 e. The monoisotopic (exact) mass is 494 g/mol. The van der Waals surface area contributed by atoms with E-state index in [0.717, 1.165) is 34.8 Å². The average molecular weight is 495 g/mol. The molecule has 1 aliphatic heterocycles. The topological polar surface area (TPSA) is 66.5 Å². The van der Waals surface area contributed by atoms with E-state index in [1.54, 1.807) is 12.1 Å². The fourth-order valence-electron chi connectivity index (χ4n) is 7.26. The molecule has 7 rings (SSSR count). The predicted molar refractivity (Wildman–Crippen MR) is 127 cm³/mol. The van der Waals surface area contributed by atoms with Crippen LogP contribution in [0.5, 0.6) is 0 Å². The summed E-state index contributed by atoms with van der Waals surface area (Å²) in [5, 5.41) is 2.17. The number of hydrogen-bond acceptors (Lipinski definition) is 3. The van der Waals surface area contributed by atoms with Gasteiger partial charge in [-0.05, 0) is 103 Å². The van der Waals surface area contributed by atoms with Crippen LogP contribution in [0.4, 0.5) is 23.7 Å². The first-order valence-corrected chi connectivity index (χ1v) is 12.3. The number of anilines is 1. The zero-order chi connectivity index (χ0) is 25.2. The largest absolute Gasteiger partial charge is 0.416 e. The van der Waals surface area contributed by atoms with Gasteiger partial charge in [0.05, 0.1) is 11.3 Å². The van der Waals surface area contributed by atoms with Gasteiger partial charge >= 0.3 is 12.2 Å². The summed E-state index contributed by atoms with van der Waals surface area (Å²) in [7, 11) is 0. The first-order chi connectivity index (χ1) is 17.1. The highest BCUT2D eigenvalue weighted by Crippen LogP contribution is 2.60. The zero-order valence-electron chi connectivity index (χ0n) is 19.5. The number of hydrogen-bond donors (Lipinski definition) is 1. The van der Waals surface area contributed by atoms with E-state index in [0.29, 0.717) is 5.69 Å². The summed E-state index contributed by atoms with van der Waals surface area (Å²) in [5.74, 6) is 0.662. The van der Waals surface area contributed by atoms with Crippen LogP contribution in [-0.4, -0.2) is 17.8 Å². The van der Waals surface area contributed by atoms with Crippen LogP contribution >= 0.6 is 0 Å². The van der Waals surface area contributed by atoms with E-state index >= 15 is 0 Å². The second kappa shape index (κ2) is 8.05. The summed E-state index contributed by atoms with van der Waals surface area (Å²) >= 11 is 0. The molecule has 0 spiro atoms. The van der Waals surface area contributed by atoms with Gasteiger partial charge < -0.3 is 0 Å². The second-order valence-corrected chi connectivity index (χ2v) is 10.8. The Morgan fingerprint density at radius 3 is 1.92 bits per heavy atom. The lowest BCUT2D eigenvalue weighted by Crippen LogP contribution is -2.54. The maximum atomic E-state index is 13.2. The van der Waals surface area contributed by atoms with Crippen molar-refractivity contribution >= 4 is 29.6 Å². The molecule has 0 atom stereocenters. The predicted octanol–water partition coefficient (Wildman–Crippen LogP) is 5.84. The van der Waals surface area contributed by atoms with Crippen molar-refractivity contribution in [2.75, 3.05) is 4.90 Å². The molecule has 4 amide bonds. The third-order valence-electron chi connectivity index (χ3n) is 8.43. The Hall–Kier alpha value is -3.42. The number of nitrogens with zero attached hydrogens (tertiary/aromatic N) is 1. The summed E-state index contributed by atoms with van der Waals surface area (Å²) in [6.07, 6.45) is 4.28. The van der Waals surface area contributed by atoms with E-state index in [2.05, 4.69) is 5.32 Å². The van der Waals surface area contributed by atoms with Gasteiger partial charge in [0.1, 0.15) is 5.57 Å². The fraction of sp³-hybridized carbons (Fsp3) is 0.393. The lowest BCUT2D eigenvalue weighted by atomic mass is 9.48. The molecule has 36 heavy (non-hydrogen) atoms. The van der Waals surface area contributed by atoms with Crippen molar-refractivity contribution in [2.45, 2.75) is 50.1 Å². The number of carbonyl (C=O) groups is 3. The van der Waals surface area contributed by atoms with Crippen LogP contribution in [0.15, 0.2) is 54.1 Å². The first-order valence-electron chi connectivity index (χ1n) is 12.3. The number of nitrogens with one attached hydrogen (secondary N) is 1. The normalized spacial score (nSPS) is 30.8. The second-order valence-electron chi connectivity index (χ2n) is 10.8. The number of imide groups is 2. The number of carbonyl (C=O) groups excluding carboxylic acids is 3. The molecule has 0 unspecified atom stereocenters. The molecule has 4 aliphatic carbocycles. The SMILES string of the molecule is O=C1NC(=O)N(c2ccc(C34CC5CC(CC(C5)C3)C4)cc2)C(=O)/C1=C/c1ccc(C(F)(F)F)cc1. The van der Waals surface area contributed by atoms with Crippen molar-refractivity contribution in [3.05, 3.63) is 70.8 Å².